The van der Waals surface area contributed by atoms with Crippen LogP contribution in [0.1, 0.15) is 19.3 Å². The Hall–Kier alpha value is -1.58. The quantitative estimate of drug-likeness (QED) is 0.695. The fraction of sp³-hybridized carbons (Fsp3) is 0.400. The predicted octanol–water partition coefficient (Wildman–Crippen LogP) is 1.58. The van der Waals surface area contributed by atoms with Gasteiger partial charge in [0.05, 0.1) is 0 Å². The van der Waals surface area contributed by atoms with Gasteiger partial charge in [-0.25, -0.2) is 4.98 Å². The summed E-state index contributed by atoms with van der Waals surface area (Å²) in [7, 11) is 0. The molecule has 0 aromatic carbocycles. The van der Waals surface area contributed by atoms with Crippen LogP contribution in [-0.4, -0.2) is 16.0 Å². The third-order valence-electron chi connectivity index (χ3n) is 2.28. The topological polar surface area (TPSA) is 63.8 Å². The third-order valence-corrected chi connectivity index (χ3v) is 2.28. The molecular weight excluding hydrogens is 176 g/mol. The Morgan fingerprint density at radius 2 is 2.36 bits per heavy atom. The Bertz CT molecular complexity index is 335. The molecule has 0 aliphatic heterocycles. The lowest BCUT2D eigenvalue weighted by Crippen LogP contribution is -2.21. The zero-order valence-electron chi connectivity index (χ0n) is 7.98. The van der Waals surface area contributed by atoms with Gasteiger partial charge in [0.25, 0.3) is 0 Å². The zero-order valence-corrected chi connectivity index (χ0v) is 7.98. The standard InChI is InChI=1S/C10H14N4/c11-9-6-7-12-10(14-9)13-8-4-2-1-3-5-8/h1-2,6-8H,3-5H2,(H3,11,12,13,14). The number of nitrogens with two attached hydrogens (primary N) is 1. The molecule has 0 spiro atoms. The van der Waals surface area contributed by atoms with E-state index in [1.807, 2.05) is 0 Å². The van der Waals surface area contributed by atoms with Crippen molar-refractivity contribution in [2.45, 2.75) is 25.3 Å². The molecule has 74 valence electrons. The highest BCUT2D eigenvalue weighted by molar-refractivity contribution is 5.35. The maximum atomic E-state index is 5.56. The highest BCUT2D eigenvalue weighted by atomic mass is 15.1. The van der Waals surface area contributed by atoms with Crippen molar-refractivity contribution in [2.75, 3.05) is 11.1 Å². The van der Waals surface area contributed by atoms with Crippen LogP contribution in [0.4, 0.5) is 11.8 Å². The summed E-state index contributed by atoms with van der Waals surface area (Å²) >= 11 is 0. The summed E-state index contributed by atoms with van der Waals surface area (Å²) in [6.45, 7) is 0. The number of anilines is 2. The molecule has 1 aliphatic rings. The lowest BCUT2D eigenvalue weighted by atomic mass is 10.0. The second-order valence-corrected chi connectivity index (χ2v) is 3.43. The molecule has 1 aromatic heterocycles. The van der Waals surface area contributed by atoms with Crippen molar-refractivity contribution in [1.82, 2.24) is 9.97 Å². The van der Waals surface area contributed by atoms with E-state index in [0.717, 1.165) is 19.3 Å². The van der Waals surface area contributed by atoms with Gasteiger partial charge in [0, 0.05) is 12.2 Å². The smallest absolute Gasteiger partial charge is 0.224 e. The summed E-state index contributed by atoms with van der Waals surface area (Å²) in [6.07, 6.45) is 9.36. The van der Waals surface area contributed by atoms with E-state index in [9.17, 15) is 0 Å². The van der Waals surface area contributed by atoms with Gasteiger partial charge in [-0.1, -0.05) is 12.2 Å². The minimum absolute atomic E-state index is 0.446. The molecule has 1 atom stereocenters. The Balaban J connectivity index is 1.99. The molecule has 0 saturated heterocycles. The molecule has 1 heterocycles. The molecule has 2 rings (SSSR count). The summed E-state index contributed by atoms with van der Waals surface area (Å²) < 4.78 is 0. The number of allylic oxidation sites excluding steroid dienone is 1. The minimum Gasteiger partial charge on any atom is -0.384 e. The van der Waals surface area contributed by atoms with Crippen LogP contribution < -0.4 is 11.1 Å². The molecule has 4 heteroatoms. The SMILES string of the molecule is Nc1ccnc(NC2CC=CCC2)n1. The van der Waals surface area contributed by atoms with Crippen LogP contribution in [0, 0.1) is 0 Å². The van der Waals surface area contributed by atoms with Crippen LogP contribution in [0.15, 0.2) is 24.4 Å². The molecule has 0 fully saturated rings. The van der Waals surface area contributed by atoms with Crippen molar-refractivity contribution in [3.63, 3.8) is 0 Å². The average Bonchev–Trinajstić information content (AvgIpc) is 2.19. The number of rotatable bonds is 2. The number of hydrogen-bond acceptors (Lipinski definition) is 4. The number of nitrogens with zero attached hydrogens (tertiary/aromatic N) is 2. The fourth-order valence-corrected chi connectivity index (χ4v) is 1.55. The van der Waals surface area contributed by atoms with E-state index in [4.69, 9.17) is 5.73 Å². The first-order chi connectivity index (χ1) is 6.84. The van der Waals surface area contributed by atoms with Crippen molar-refractivity contribution >= 4 is 11.8 Å². The Labute approximate surface area is 83.3 Å². The fourth-order valence-electron chi connectivity index (χ4n) is 1.55. The van der Waals surface area contributed by atoms with Crippen LogP contribution in [0.5, 0.6) is 0 Å². The van der Waals surface area contributed by atoms with Gasteiger partial charge in [-0.3, -0.25) is 0 Å². The predicted molar refractivity (Wildman–Crippen MR) is 56.8 cm³/mol. The first-order valence-corrected chi connectivity index (χ1v) is 4.84. The maximum Gasteiger partial charge on any atom is 0.224 e. The highest BCUT2D eigenvalue weighted by Gasteiger charge is 2.10. The molecule has 0 saturated carbocycles. The highest BCUT2D eigenvalue weighted by Crippen LogP contribution is 2.14. The summed E-state index contributed by atoms with van der Waals surface area (Å²) in [5.41, 5.74) is 5.56. The largest absolute Gasteiger partial charge is 0.384 e. The van der Waals surface area contributed by atoms with E-state index in [2.05, 4.69) is 27.4 Å². The van der Waals surface area contributed by atoms with E-state index in [1.54, 1.807) is 12.3 Å². The number of hydrogen-bond donors (Lipinski definition) is 2. The first-order valence-electron chi connectivity index (χ1n) is 4.84. The molecule has 0 bridgehead atoms. The van der Waals surface area contributed by atoms with Gasteiger partial charge in [-0.15, -0.1) is 0 Å². The monoisotopic (exact) mass is 190 g/mol. The molecule has 4 nitrogen and oxygen atoms in total. The maximum absolute atomic E-state index is 5.56. The van der Waals surface area contributed by atoms with Crippen molar-refractivity contribution in [3.05, 3.63) is 24.4 Å². The van der Waals surface area contributed by atoms with Gasteiger partial charge >= 0.3 is 0 Å². The second kappa shape index (κ2) is 4.09. The molecule has 1 aliphatic carbocycles. The van der Waals surface area contributed by atoms with Gasteiger partial charge in [0.15, 0.2) is 0 Å². The van der Waals surface area contributed by atoms with Crippen molar-refractivity contribution in [1.29, 1.82) is 0 Å². The zero-order chi connectivity index (χ0) is 9.80. The number of nitrogens with one attached hydrogen (secondary N) is 1. The summed E-state index contributed by atoms with van der Waals surface area (Å²) in [6, 6.07) is 2.13. The van der Waals surface area contributed by atoms with E-state index in [-0.39, 0.29) is 0 Å². The van der Waals surface area contributed by atoms with Gasteiger partial charge in [0.1, 0.15) is 5.82 Å². The van der Waals surface area contributed by atoms with E-state index >= 15 is 0 Å². The van der Waals surface area contributed by atoms with E-state index in [1.165, 1.54) is 0 Å². The summed E-state index contributed by atoms with van der Waals surface area (Å²) in [5.74, 6) is 1.14. The van der Waals surface area contributed by atoms with Crippen molar-refractivity contribution in [3.8, 4) is 0 Å². The molecular formula is C10H14N4. The summed E-state index contributed by atoms with van der Waals surface area (Å²) in [4.78, 5) is 8.21. The average molecular weight is 190 g/mol. The molecule has 1 unspecified atom stereocenters. The molecule has 14 heavy (non-hydrogen) atoms. The van der Waals surface area contributed by atoms with Crippen molar-refractivity contribution in [2.24, 2.45) is 0 Å². The van der Waals surface area contributed by atoms with Crippen LogP contribution in [-0.2, 0) is 0 Å². The van der Waals surface area contributed by atoms with Gasteiger partial charge in [-0.2, -0.15) is 4.98 Å². The summed E-state index contributed by atoms with van der Waals surface area (Å²) in [5, 5.41) is 3.27. The van der Waals surface area contributed by atoms with Crippen LogP contribution in [0.25, 0.3) is 0 Å². The first kappa shape index (κ1) is 8.99. The lowest BCUT2D eigenvalue weighted by Gasteiger charge is -2.18. The minimum atomic E-state index is 0.446. The Morgan fingerprint density at radius 3 is 3.07 bits per heavy atom. The molecule has 3 N–H and O–H groups in total. The normalized spacial score (nSPS) is 20.7. The van der Waals surface area contributed by atoms with E-state index in [0.29, 0.717) is 17.8 Å². The van der Waals surface area contributed by atoms with Gasteiger partial charge < -0.3 is 11.1 Å². The van der Waals surface area contributed by atoms with Crippen molar-refractivity contribution < 1.29 is 0 Å². The van der Waals surface area contributed by atoms with Crippen LogP contribution >= 0.6 is 0 Å². The molecule has 0 amide bonds. The van der Waals surface area contributed by atoms with Crippen LogP contribution in [0.2, 0.25) is 0 Å². The van der Waals surface area contributed by atoms with Crippen LogP contribution in [0.3, 0.4) is 0 Å². The Morgan fingerprint density at radius 1 is 1.43 bits per heavy atom. The number of aromatic nitrogens is 2. The van der Waals surface area contributed by atoms with E-state index < -0.39 is 0 Å². The van der Waals surface area contributed by atoms with Gasteiger partial charge in [-0.05, 0) is 25.3 Å². The molecule has 1 aromatic rings. The third kappa shape index (κ3) is 2.22. The molecule has 0 radical (unpaired) electrons. The lowest BCUT2D eigenvalue weighted by molar-refractivity contribution is 0.639. The number of nitrogen functional groups attached to an aromatic ring is 1. The Kier molecular flexibility index (Phi) is 2.62. The van der Waals surface area contributed by atoms with Gasteiger partial charge in [0.2, 0.25) is 5.95 Å². The second-order valence-electron chi connectivity index (χ2n) is 3.43.